The number of carboxylic acids is 1. The fraction of sp³-hybridized carbons (Fsp3) is 0.778. The quantitative estimate of drug-likeness (QED) is 0.664. The van der Waals surface area contributed by atoms with Crippen LogP contribution in [0.1, 0.15) is 25.7 Å². The molecule has 2 N–H and O–H groups in total. The molecule has 0 spiro atoms. The van der Waals surface area contributed by atoms with Crippen molar-refractivity contribution in [2.45, 2.75) is 25.7 Å². The smallest absolute Gasteiger partial charge is 0.322 e. The van der Waals surface area contributed by atoms with Crippen LogP contribution in [-0.2, 0) is 9.59 Å². The first kappa shape index (κ1) is 8.53. The zero-order valence-corrected chi connectivity index (χ0v) is 7.38. The second-order valence-corrected chi connectivity index (χ2v) is 4.03. The molecule has 0 aromatic rings. The summed E-state index contributed by atoms with van der Waals surface area (Å²) in [7, 11) is 0. The SMILES string of the molecule is O=C(O)CNC(=O)C12CCCC1C2. The maximum Gasteiger partial charge on any atom is 0.322 e. The first-order valence-corrected chi connectivity index (χ1v) is 4.65. The summed E-state index contributed by atoms with van der Waals surface area (Å²) < 4.78 is 0. The van der Waals surface area contributed by atoms with E-state index in [-0.39, 0.29) is 17.9 Å². The summed E-state index contributed by atoms with van der Waals surface area (Å²) in [5, 5.41) is 10.9. The van der Waals surface area contributed by atoms with Crippen molar-refractivity contribution in [3.05, 3.63) is 0 Å². The van der Waals surface area contributed by atoms with E-state index in [1.54, 1.807) is 0 Å². The monoisotopic (exact) mass is 183 g/mol. The summed E-state index contributed by atoms with van der Waals surface area (Å²) in [5.74, 6) is -0.473. The number of carbonyl (C=O) groups excluding carboxylic acids is 1. The van der Waals surface area contributed by atoms with Gasteiger partial charge in [-0.25, -0.2) is 0 Å². The van der Waals surface area contributed by atoms with Crippen LogP contribution in [0.25, 0.3) is 0 Å². The van der Waals surface area contributed by atoms with Crippen molar-refractivity contribution in [3.8, 4) is 0 Å². The third-order valence-electron chi connectivity index (χ3n) is 3.26. The van der Waals surface area contributed by atoms with Crippen LogP contribution in [0.3, 0.4) is 0 Å². The molecule has 0 aromatic carbocycles. The molecule has 2 saturated carbocycles. The molecule has 4 nitrogen and oxygen atoms in total. The lowest BCUT2D eigenvalue weighted by molar-refractivity contribution is -0.138. The third-order valence-corrected chi connectivity index (χ3v) is 3.26. The van der Waals surface area contributed by atoms with E-state index < -0.39 is 5.97 Å². The number of aliphatic carboxylic acids is 1. The predicted octanol–water partition coefficient (Wildman–Crippen LogP) is 0.377. The number of rotatable bonds is 3. The maximum atomic E-state index is 11.5. The molecule has 0 heterocycles. The van der Waals surface area contributed by atoms with Crippen molar-refractivity contribution in [2.75, 3.05) is 6.54 Å². The van der Waals surface area contributed by atoms with E-state index in [0.29, 0.717) is 5.92 Å². The number of hydrogen-bond donors (Lipinski definition) is 2. The summed E-state index contributed by atoms with van der Waals surface area (Å²) in [4.78, 5) is 21.8. The summed E-state index contributed by atoms with van der Waals surface area (Å²) in [6, 6.07) is 0. The lowest BCUT2D eigenvalue weighted by atomic mass is 10.0. The minimum Gasteiger partial charge on any atom is -0.480 e. The normalized spacial score (nSPS) is 35.2. The van der Waals surface area contributed by atoms with Gasteiger partial charge in [0.1, 0.15) is 6.54 Å². The van der Waals surface area contributed by atoms with E-state index in [1.165, 1.54) is 0 Å². The average molecular weight is 183 g/mol. The first-order chi connectivity index (χ1) is 6.15. The lowest BCUT2D eigenvalue weighted by Gasteiger charge is -2.10. The van der Waals surface area contributed by atoms with E-state index >= 15 is 0 Å². The fourth-order valence-electron chi connectivity index (χ4n) is 2.45. The molecule has 2 aliphatic rings. The molecule has 2 rings (SSSR count). The molecule has 0 aromatic heterocycles. The van der Waals surface area contributed by atoms with Crippen molar-refractivity contribution in [1.29, 1.82) is 0 Å². The molecule has 72 valence electrons. The summed E-state index contributed by atoms with van der Waals surface area (Å²) in [6.07, 6.45) is 4.17. The highest BCUT2D eigenvalue weighted by molar-refractivity contribution is 5.88. The lowest BCUT2D eigenvalue weighted by Crippen LogP contribution is -2.35. The number of fused-ring (bicyclic) bond motifs is 1. The molecule has 0 aliphatic heterocycles. The number of carboxylic acid groups (broad SMARTS) is 1. The second kappa shape index (κ2) is 2.72. The Morgan fingerprint density at radius 3 is 2.77 bits per heavy atom. The van der Waals surface area contributed by atoms with Gasteiger partial charge < -0.3 is 10.4 Å². The van der Waals surface area contributed by atoms with Gasteiger partial charge in [-0.05, 0) is 25.2 Å². The molecule has 2 atom stereocenters. The highest BCUT2D eigenvalue weighted by Gasteiger charge is 2.61. The number of carbonyl (C=O) groups is 2. The summed E-state index contributed by atoms with van der Waals surface area (Å²) in [5.41, 5.74) is -0.157. The molecule has 1 amide bonds. The van der Waals surface area contributed by atoms with Crippen LogP contribution in [0.2, 0.25) is 0 Å². The van der Waals surface area contributed by atoms with Gasteiger partial charge in [-0.1, -0.05) is 6.42 Å². The number of hydrogen-bond acceptors (Lipinski definition) is 2. The van der Waals surface area contributed by atoms with Crippen LogP contribution in [0.15, 0.2) is 0 Å². The minimum atomic E-state index is -0.972. The Labute approximate surface area is 76.3 Å². The van der Waals surface area contributed by atoms with Crippen molar-refractivity contribution in [2.24, 2.45) is 11.3 Å². The van der Waals surface area contributed by atoms with E-state index in [0.717, 1.165) is 25.7 Å². The standard InChI is InChI=1S/C9H13NO3/c11-7(12)5-10-8(13)9-3-1-2-6(9)4-9/h6H,1-5H2,(H,10,13)(H,11,12). The zero-order chi connectivity index (χ0) is 9.47. The van der Waals surface area contributed by atoms with Crippen LogP contribution >= 0.6 is 0 Å². The molecule has 0 bridgehead atoms. The minimum absolute atomic E-state index is 0.0441. The molecule has 0 radical (unpaired) electrons. The molecule has 2 fully saturated rings. The van der Waals surface area contributed by atoms with E-state index in [4.69, 9.17) is 5.11 Å². The van der Waals surface area contributed by atoms with E-state index in [1.807, 2.05) is 0 Å². The zero-order valence-electron chi connectivity index (χ0n) is 7.38. The number of amides is 1. The summed E-state index contributed by atoms with van der Waals surface area (Å²) >= 11 is 0. The van der Waals surface area contributed by atoms with Crippen LogP contribution < -0.4 is 5.32 Å². The van der Waals surface area contributed by atoms with Crippen molar-refractivity contribution >= 4 is 11.9 Å². The van der Waals surface area contributed by atoms with Crippen LogP contribution in [0.5, 0.6) is 0 Å². The van der Waals surface area contributed by atoms with Gasteiger partial charge in [0.05, 0.1) is 5.41 Å². The molecule has 2 aliphatic carbocycles. The highest BCUT2D eigenvalue weighted by atomic mass is 16.4. The Hall–Kier alpha value is -1.06. The van der Waals surface area contributed by atoms with Crippen molar-refractivity contribution < 1.29 is 14.7 Å². The first-order valence-electron chi connectivity index (χ1n) is 4.65. The van der Waals surface area contributed by atoms with Gasteiger partial charge in [-0.3, -0.25) is 9.59 Å². The Bertz CT molecular complexity index is 264. The fourth-order valence-corrected chi connectivity index (χ4v) is 2.45. The maximum absolute atomic E-state index is 11.5. The van der Waals surface area contributed by atoms with E-state index in [2.05, 4.69) is 5.32 Å². The van der Waals surface area contributed by atoms with Crippen molar-refractivity contribution in [1.82, 2.24) is 5.32 Å². The molecular weight excluding hydrogens is 170 g/mol. The van der Waals surface area contributed by atoms with Crippen LogP contribution in [0, 0.1) is 11.3 Å². The van der Waals surface area contributed by atoms with Gasteiger partial charge >= 0.3 is 5.97 Å². The predicted molar refractivity (Wildman–Crippen MR) is 45.0 cm³/mol. The Kier molecular flexibility index (Phi) is 1.78. The Morgan fingerprint density at radius 1 is 1.54 bits per heavy atom. The van der Waals surface area contributed by atoms with Crippen LogP contribution in [0.4, 0.5) is 0 Å². The molecule has 4 heteroatoms. The highest BCUT2D eigenvalue weighted by Crippen LogP contribution is 2.63. The van der Waals surface area contributed by atoms with Crippen molar-refractivity contribution in [3.63, 3.8) is 0 Å². The molecular formula is C9H13NO3. The second-order valence-electron chi connectivity index (χ2n) is 4.03. The topological polar surface area (TPSA) is 66.4 Å². The largest absolute Gasteiger partial charge is 0.480 e. The Morgan fingerprint density at radius 2 is 2.31 bits per heavy atom. The van der Waals surface area contributed by atoms with Gasteiger partial charge in [0.25, 0.3) is 0 Å². The molecule has 13 heavy (non-hydrogen) atoms. The third kappa shape index (κ3) is 1.30. The summed E-state index contributed by atoms with van der Waals surface area (Å²) in [6.45, 7) is -0.243. The van der Waals surface area contributed by atoms with Crippen LogP contribution in [-0.4, -0.2) is 23.5 Å². The number of nitrogens with one attached hydrogen (secondary N) is 1. The molecule has 0 saturated heterocycles. The Balaban J connectivity index is 1.88. The van der Waals surface area contributed by atoms with Gasteiger partial charge in [-0.15, -0.1) is 0 Å². The van der Waals surface area contributed by atoms with Gasteiger partial charge in [-0.2, -0.15) is 0 Å². The average Bonchev–Trinajstić information content (AvgIpc) is 2.66. The van der Waals surface area contributed by atoms with E-state index in [9.17, 15) is 9.59 Å². The van der Waals surface area contributed by atoms with Gasteiger partial charge in [0, 0.05) is 0 Å². The molecule has 2 unspecified atom stereocenters. The van der Waals surface area contributed by atoms with Gasteiger partial charge in [0.2, 0.25) is 5.91 Å². The van der Waals surface area contributed by atoms with Gasteiger partial charge in [0.15, 0.2) is 0 Å².